The van der Waals surface area contributed by atoms with Crippen LogP contribution < -0.4 is 15.5 Å². The van der Waals surface area contributed by atoms with Gasteiger partial charge in [0.25, 0.3) is 0 Å². The van der Waals surface area contributed by atoms with Crippen LogP contribution in [0.4, 0.5) is 11.4 Å². The maximum Gasteiger partial charge on any atom is 0.249 e. The number of anilines is 2. The molecule has 0 aliphatic carbocycles. The first-order valence-electron chi connectivity index (χ1n) is 12.5. The third kappa shape index (κ3) is 6.39. The molecule has 0 saturated carbocycles. The number of carbonyl (C=O) groups is 3. The largest absolute Gasteiger partial charge is 0.354 e. The third-order valence-corrected chi connectivity index (χ3v) is 5.99. The van der Waals surface area contributed by atoms with Gasteiger partial charge >= 0.3 is 0 Å². The Hall–Kier alpha value is -4.60. The number of pyridine rings is 1. The van der Waals surface area contributed by atoms with Crippen molar-refractivity contribution in [2.45, 2.75) is 39.8 Å². The second-order valence-corrected chi connectivity index (χ2v) is 9.38. The topological polar surface area (TPSA) is 122 Å². The van der Waals surface area contributed by atoms with Gasteiger partial charge in [0, 0.05) is 37.2 Å². The molecule has 4 aromatic rings. The molecule has 0 saturated heterocycles. The summed E-state index contributed by atoms with van der Waals surface area (Å²) in [6.45, 7) is 5.94. The lowest BCUT2D eigenvalue weighted by molar-refractivity contribution is -0.127. The van der Waals surface area contributed by atoms with Gasteiger partial charge in [0.2, 0.25) is 17.7 Å². The second-order valence-electron chi connectivity index (χ2n) is 9.38. The van der Waals surface area contributed by atoms with E-state index in [0.29, 0.717) is 40.4 Å². The monoisotopic (exact) mass is 513 g/mol. The summed E-state index contributed by atoms with van der Waals surface area (Å²) in [5.41, 5.74) is 3.07. The maximum atomic E-state index is 14.0. The summed E-state index contributed by atoms with van der Waals surface area (Å²) < 4.78 is 1.52. The molecule has 1 atom stereocenters. The van der Waals surface area contributed by atoms with E-state index in [1.807, 2.05) is 24.3 Å². The number of rotatable bonds is 10. The average Bonchev–Trinajstić information content (AvgIpc) is 3.30. The van der Waals surface area contributed by atoms with Gasteiger partial charge < -0.3 is 10.6 Å². The van der Waals surface area contributed by atoms with Gasteiger partial charge in [0.05, 0.1) is 5.52 Å². The highest BCUT2D eigenvalue weighted by atomic mass is 16.2. The van der Waals surface area contributed by atoms with E-state index in [-0.39, 0.29) is 24.3 Å². The molecule has 2 aromatic carbocycles. The van der Waals surface area contributed by atoms with Crippen molar-refractivity contribution >= 4 is 40.1 Å². The number of amides is 3. The number of fused-ring (bicyclic) bond motifs is 1. The van der Waals surface area contributed by atoms with Crippen molar-refractivity contribution in [1.82, 2.24) is 25.3 Å². The molecule has 0 unspecified atom stereocenters. The number of hydrogen-bond acceptors (Lipinski definition) is 6. The number of hydrogen-bond donors (Lipinski definition) is 2. The molecule has 0 fully saturated rings. The zero-order chi connectivity index (χ0) is 27.1. The fourth-order valence-corrected chi connectivity index (χ4v) is 4.13. The molecule has 0 aliphatic rings. The normalized spacial score (nSPS) is 11.8. The highest BCUT2D eigenvalue weighted by Gasteiger charge is 2.33. The van der Waals surface area contributed by atoms with Crippen molar-refractivity contribution in [3.8, 4) is 0 Å². The number of carbonyl (C=O) groups excluding carboxylic acids is 3. The molecule has 0 radical (unpaired) electrons. The van der Waals surface area contributed by atoms with E-state index in [1.165, 1.54) is 16.5 Å². The van der Waals surface area contributed by atoms with Crippen LogP contribution in [0.25, 0.3) is 11.0 Å². The molecular weight excluding hydrogens is 482 g/mol. The zero-order valence-corrected chi connectivity index (χ0v) is 21.7. The third-order valence-electron chi connectivity index (χ3n) is 5.99. The molecule has 0 spiro atoms. The van der Waals surface area contributed by atoms with Crippen LogP contribution in [0, 0.1) is 5.92 Å². The number of nitrogens with zero attached hydrogens (tertiary/aromatic N) is 5. The van der Waals surface area contributed by atoms with Crippen LogP contribution in [-0.4, -0.2) is 44.2 Å². The molecule has 10 heteroatoms. The Bertz CT molecular complexity index is 1400. The Kier molecular flexibility index (Phi) is 8.42. The lowest BCUT2D eigenvalue weighted by atomic mass is 10.0. The van der Waals surface area contributed by atoms with E-state index < -0.39 is 6.04 Å². The summed E-state index contributed by atoms with van der Waals surface area (Å²) in [6, 6.07) is 16.7. The van der Waals surface area contributed by atoms with Crippen LogP contribution in [0.1, 0.15) is 38.8 Å². The molecule has 4 rings (SSSR count). The minimum Gasteiger partial charge on any atom is -0.354 e. The minimum atomic E-state index is -0.959. The van der Waals surface area contributed by atoms with Crippen LogP contribution in [0.3, 0.4) is 0 Å². The van der Waals surface area contributed by atoms with Gasteiger partial charge in [-0.1, -0.05) is 31.2 Å². The Morgan fingerprint density at radius 3 is 2.37 bits per heavy atom. The van der Waals surface area contributed by atoms with Crippen molar-refractivity contribution in [1.29, 1.82) is 0 Å². The predicted molar refractivity (Wildman–Crippen MR) is 145 cm³/mol. The molecule has 2 heterocycles. The van der Waals surface area contributed by atoms with Crippen molar-refractivity contribution in [2.75, 3.05) is 16.8 Å². The van der Waals surface area contributed by atoms with E-state index in [9.17, 15) is 14.4 Å². The summed E-state index contributed by atoms with van der Waals surface area (Å²) in [4.78, 5) is 44.7. The van der Waals surface area contributed by atoms with Crippen molar-refractivity contribution in [3.63, 3.8) is 0 Å². The van der Waals surface area contributed by atoms with E-state index >= 15 is 0 Å². The van der Waals surface area contributed by atoms with Crippen LogP contribution in [0.15, 0.2) is 73.1 Å². The van der Waals surface area contributed by atoms with E-state index in [1.54, 1.807) is 48.8 Å². The molecule has 0 bridgehead atoms. The van der Waals surface area contributed by atoms with Crippen molar-refractivity contribution < 1.29 is 14.4 Å². The first-order chi connectivity index (χ1) is 18.3. The predicted octanol–water partition coefficient (Wildman–Crippen LogP) is 3.72. The standard InChI is InChI=1S/C28H31N7O3/c1-19(2)12-17-30-28(38)27(21-13-15-29-16-14-21)35(23-10-8-22(9-11-23)31-20(3)36)26(37)18-34-25-7-5-4-6-24(25)32-33-34/h4-11,13-16,19,27H,12,17-18H2,1-3H3,(H,30,38)(H,31,36)/t27-/m1/s1. The summed E-state index contributed by atoms with van der Waals surface area (Å²) in [6.07, 6.45) is 3.99. The Morgan fingerprint density at radius 1 is 0.974 bits per heavy atom. The quantitative estimate of drug-likeness (QED) is 0.333. The lowest BCUT2D eigenvalue weighted by Crippen LogP contribution is -2.45. The fourth-order valence-electron chi connectivity index (χ4n) is 4.13. The summed E-state index contributed by atoms with van der Waals surface area (Å²) in [7, 11) is 0. The number of benzene rings is 2. The van der Waals surface area contributed by atoms with Crippen molar-refractivity contribution in [2.24, 2.45) is 5.92 Å². The first-order valence-corrected chi connectivity index (χ1v) is 12.5. The van der Waals surface area contributed by atoms with E-state index in [0.717, 1.165) is 6.42 Å². The van der Waals surface area contributed by atoms with Crippen LogP contribution in [0.5, 0.6) is 0 Å². The smallest absolute Gasteiger partial charge is 0.249 e. The molecule has 38 heavy (non-hydrogen) atoms. The fraction of sp³-hybridized carbons (Fsp3) is 0.286. The van der Waals surface area contributed by atoms with E-state index in [4.69, 9.17) is 0 Å². The molecular formula is C28H31N7O3. The average molecular weight is 514 g/mol. The minimum absolute atomic E-state index is 0.130. The van der Waals surface area contributed by atoms with Gasteiger partial charge in [-0.25, -0.2) is 4.68 Å². The summed E-state index contributed by atoms with van der Waals surface area (Å²) >= 11 is 0. The number of para-hydroxylation sites is 1. The van der Waals surface area contributed by atoms with Gasteiger partial charge in [-0.15, -0.1) is 5.10 Å². The van der Waals surface area contributed by atoms with Crippen LogP contribution in [0.2, 0.25) is 0 Å². The highest BCUT2D eigenvalue weighted by Crippen LogP contribution is 2.29. The maximum absolute atomic E-state index is 14.0. The van der Waals surface area contributed by atoms with Gasteiger partial charge in [-0.05, 0) is 66.4 Å². The van der Waals surface area contributed by atoms with Gasteiger partial charge in [0.15, 0.2) is 0 Å². The Labute approximate surface area is 221 Å². The Morgan fingerprint density at radius 2 is 1.68 bits per heavy atom. The Balaban J connectivity index is 1.74. The van der Waals surface area contributed by atoms with Gasteiger partial charge in [-0.2, -0.15) is 0 Å². The SMILES string of the molecule is CC(=O)Nc1ccc(N(C(=O)Cn2nnc3ccccc32)[C@@H](C(=O)NCCC(C)C)c2ccncc2)cc1. The van der Waals surface area contributed by atoms with Crippen LogP contribution >= 0.6 is 0 Å². The highest BCUT2D eigenvalue weighted by molar-refractivity contribution is 6.01. The summed E-state index contributed by atoms with van der Waals surface area (Å²) in [5, 5.41) is 14.0. The van der Waals surface area contributed by atoms with Gasteiger partial charge in [-0.3, -0.25) is 24.3 Å². The van der Waals surface area contributed by atoms with Crippen LogP contribution in [-0.2, 0) is 20.9 Å². The molecule has 2 aromatic heterocycles. The lowest BCUT2D eigenvalue weighted by Gasteiger charge is -2.31. The molecule has 3 amide bonds. The zero-order valence-electron chi connectivity index (χ0n) is 21.7. The summed E-state index contributed by atoms with van der Waals surface area (Å²) in [5.74, 6) is -0.453. The molecule has 196 valence electrons. The molecule has 10 nitrogen and oxygen atoms in total. The van der Waals surface area contributed by atoms with E-state index in [2.05, 4.69) is 39.8 Å². The van der Waals surface area contributed by atoms with Gasteiger partial charge in [0.1, 0.15) is 18.1 Å². The second kappa shape index (κ2) is 12.1. The van der Waals surface area contributed by atoms with Crippen molar-refractivity contribution in [3.05, 3.63) is 78.6 Å². The number of aromatic nitrogens is 4. The molecule has 0 aliphatic heterocycles. The molecule has 2 N–H and O–H groups in total. The first kappa shape index (κ1) is 26.5. The number of nitrogens with one attached hydrogen (secondary N) is 2.